The van der Waals surface area contributed by atoms with Crippen LogP contribution >= 0.6 is 0 Å². The van der Waals surface area contributed by atoms with Crippen molar-refractivity contribution in [2.75, 3.05) is 6.79 Å². The summed E-state index contributed by atoms with van der Waals surface area (Å²) in [4.78, 5) is 25.2. The number of hydrogen-bond acceptors (Lipinski definition) is 5. The maximum absolute atomic E-state index is 13.0. The van der Waals surface area contributed by atoms with E-state index < -0.39 is 11.0 Å². The lowest BCUT2D eigenvalue weighted by Crippen LogP contribution is -2.60. The maximum atomic E-state index is 13.0. The molecule has 5 rings (SSSR count). The number of hydrogen-bond donors (Lipinski definition) is 0. The highest BCUT2D eigenvalue weighted by Gasteiger charge is 2.63. The summed E-state index contributed by atoms with van der Waals surface area (Å²) in [5, 5.41) is 0. The van der Waals surface area contributed by atoms with Crippen LogP contribution in [0.4, 0.5) is 0 Å². The van der Waals surface area contributed by atoms with E-state index in [1.165, 1.54) is 19.3 Å². The molecule has 5 heteroatoms. The fourth-order valence-electron chi connectivity index (χ4n) is 6.39. The van der Waals surface area contributed by atoms with E-state index in [-0.39, 0.29) is 24.8 Å². The van der Waals surface area contributed by atoms with E-state index in [1.54, 1.807) is 6.92 Å². The quantitative estimate of drug-likeness (QED) is 0.393. The van der Waals surface area contributed by atoms with Crippen molar-refractivity contribution in [2.45, 2.75) is 89.3 Å². The van der Waals surface area contributed by atoms with Gasteiger partial charge < -0.3 is 14.2 Å². The van der Waals surface area contributed by atoms with Crippen molar-refractivity contribution >= 4 is 11.9 Å². The standard InChI is InChI=1S/C22H32O5/c1-15(2)19(23)27-22-11-16-8-17(12-22)10-21(9-16,13-22)20(24)26-14-25-18-6-4-3-5-7-18/h16-18H,1,3-14H2,2H3. The lowest BCUT2D eigenvalue weighted by Gasteiger charge is -2.59. The van der Waals surface area contributed by atoms with Crippen molar-refractivity contribution in [3.63, 3.8) is 0 Å². The molecule has 5 aliphatic carbocycles. The molecule has 2 atom stereocenters. The fraction of sp³-hybridized carbons (Fsp3) is 0.818. The first-order valence-corrected chi connectivity index (χ1v) is 10.6. The average Bonchev–Trinajstić information content (AvgIpc) is 2.61. The molecule has 0 aromatic rings. The van der Waals surface area contributed by atoms with Gasteiger partial charge in [-0.1, -0.05) is 25.8 Å². The number of rotatable bonds is 6. The Morgan fingerprint density at radius 1 is 1.04 bits per heavy atom. The van der Waals surface area contributed by atoms with E-state index in [0.717, 1.165) is 44.9 Å². The molecule has 0 amide bonds. The zero-order valence-corrected chi connectivity index (χ0v) is 16.5. The molecular weight excluding hydrogens is 344 g/mol. The van der Waals surface area contributed by atoms with Gasteiger partial charge in [0.05, 0.1) is 11.5 Å². The summed E-state index contributed by atoms with van der Waals surface area (Å²) in [5.41, 5.74) is -0.595. The van der Waals surface area contributed by atoms with E-state index in [1.807, 2.05) is 0 Å². The largest absolute Gasteiger partial charge is 0.456 e. The van der Waals surface area contributed by atoms with Gasteiger partial charge in [-0.3, -0.25) is 4.79 Å². The van der Waals surface area contributed by atoms with Gasteiger partial charge in [0, 0.05) is 12.0 Å². The average molecular weight is 376 g/mol. The first kappa shape index (κ1) is 19.0. The Hall–Kier alpha value is -1.36. The molecular formula is C22H32O5. The normalized spacial score (nSPS) is 37.8. The number of carbonyl (C=O) groups excluding carboxylic acids is 2. The Kier molecular flexibility index (Phi) is 5.08. The first-order valence-electron chi connectivity index (χ1n) is 10.6. The van der Waals surface area contributed by atoms with Gasteiger partial charge in [0.15, 0.2) is 6.79 Å². The summed E-state index contributed by atoms with van der Waals surface area (Å²) in [6.07, 6.45) is 11.2. The van der Waals surface area contributed by atoms with Crippen LogP contribution in [0.3, 0.4) is 0 Å². The van der Waals surface area contributed by atoms with Gasteiger partial charge in [-0.2, -0.15) is 0 Å². The molecule has 27 heavy (non-hydrogen) atoms. The minimum Gasteiger partial charge on any atom is -0.456 e. The minimum absolute atomic E-state index is 0.0547. The second-order valence-corrected chi connectivity index (χ2v) is 9.57. The van der Waals surface area contributed by atoms with E-state index in [2.05, 4.69) is 6.58 Å². The first-order chi connectivity index (χ1) is 12.9. The van der Waals surface area contributed by atoms with Crippen LogP contribution in [0.1, 0.15) is 77.6 Å². The van der Waals surface area contributed by atoms with Crippen LogP contribution in [0.5, 0.6) is 0 Å². The topological polar surface area (TPSA) is 61.8 Å². The van der Waals surface area contributed by atoms with Gasteiger partial charge in [0.1, 0.15) is 5.60 Å². The third kappa shape index (κ3) is 3.80. The zero-order chi connectivity index (χ0) is 19.1. The summed E-state index contributed by atoms with van der Waals surface area (Å²) in [7, 11) is 0. The van der Waals surface area contributed by atoms with E-state index in [4.69, 9.17) is 14.2 Å². The molecule has 4 bridgehead atoms. The summed E-state index contributed by atoms with van der Waals surface area (Å²) in [5.74, 6) is 0.399. The van der Waals surface area contributed by atoms with Gasteiger partial charge >= 0.3 is 11.9 Å². The summed E-state index contributed by atoms with van der Waals surface area (Å²) < 4.78 is 17.3. The Labute approximate surface area is 161 Å². The number of carbonyl (C=O) groups is 2. The second kappa shape index (κ2) is 7.23. The summed E-state index contributed by atoms with van der Waals surface area (Å²) in [6, 6.07) is 0. The van der Waals surface area contributed by atoms with Crippen molar-refractivity contribution in [1.82, 2.24) is 0 Å². The van der Waals surface area contributed by atoms with Crippen molar-refractivity contribution < 1.29 is 23.8 Å². The lowest BCUT2D eigenvalue weighted by molar-refractivity contribution is -0.217. The molecule has 0 radical (unpaired) electrons. The van der Waals surface area contributed by atoms with Crippen molar-refractivity contribution in [1.29, 1.82) is 0 Å². The maximum Gasteiger partial charge on any atom is 0.333 e. The predicted octanol–water partition coefficient (Wildman–Crippen LogP) is 4.29. The van der Waals surface area contributed by atoms with Crippen LogP contribution < -0.4 is 0 Å². The minimum atomic E-state index is -0.511. The van der Waals surface area contributed by atoms with E-state index in [0.29, 0.717) is 23.8 Å². The summed E-state index contributed by atoms with van der Waals surface area (Å²) >= 11 is 0. The molecule has 2 unspecified atom stereocenters. The Morgan fingerprint density at radius 2 is 1.70 bits per heavy atom. The van der Waals surface area contributed by atoms with E-state index >= 15 is 0 Å². The van der Waals surface area contributed by atoms with Gasteiger partial charge in [0.2, 0.25) is 0 Å². The summed E-state index contributed by atoms with van der Waals surface area (Å²) in [6.45, 7) is 5.44. The molecule has 5 fully saturated rings. The second-order valence-electron chi connectivity index (χ2n) is 9.57. The van der Waals surface area contributed by atoms with Gasteiger partial charge in [-0.25, -0.2) is 4.79 Å². The third-order valence-corrected chi connectivity index (χ3v) is 7.14. The van der Waals surface area contributed by atoms with Crippen molar-refractivity contribution in [3.8, 4) is 0 Å². The van der Waals surface area contributed by atoms with Gasteiger partial charge in [-0.15, -0.1) is 0 Å². The van der Waals surface area contributed by atoms with Crippen molar-refractivity contribution in [3.05, 3.63) is 12.2 Å². The number of ether oxygens (including phenoxy) is 3. The number of esters is 2. The fourth-order valence-corrected chi connectivity index (χ4v) is 6.39. The van der Waals surface area contributed by atoms with E-state index in [9.17, 15) is 9.59 Å². The Balaban J connectivity index is 1.40. The van der Waals surface area contributed by atoms with Gasteiger partial charge in [0.25, 0.3) is 0 Å². The zero-order valence-electron chi connectivity index (χ0n) is 16.5. The molecule has 0 aliphatic heterocycles. The van der Waals surface area contributed by atoms with Crippen LogP contribution in [0.25, 0.3) is 0 Å². The molecule has 5 nitrogen and oxygen atoms in total. The van der Waals surface area contributed by atoms with Crippen LogP contribution in [0.2, 0.25) is 0 Å². The van der Waals surface area contributed by atoms with Gasteiger partial charge in [-0.05, 0) is 63.7 Å². The Morgan fingerprint density at radius 3 is 2.33 bits per heavy atom. The molecule has 5 saturated carbocycles. The highest BCUT2D eigenvalue weighted by molar-refractivity contribution is 5.87. The molecule has 0 saturated heterocycles. The smallest absolute Gasteiger partial charge is 0.333 e. The van der Waals surface area contributed by atoms with Crippen LogP contribution in [-0.4, -0.2) is 30.4 Å². The predicted molar refractivity (Wildman–Crippen MR) is 99.7 cm³/mol. The highest BCUT2D eigenvalue weighted by atomic mass is 16.7. The van der Waals surface area contributed by atoms with Crippen molar-refractivity contribution in [2.24, 2.45) is 17.3 Å². The molecule has 0 heterocycles. The Bertz CT molecular complexity index is 604. The molecule has 0 aromatic heterocycles. The molecule has 0 spiro atoms. The molecule has 150 valence electrons. The third-order valence-electron chi connectivity index (χ3n) is 7.14. The van der Waals surface area contributed by atoms with Crippen LogP contribution in [-0.2, 0) is 23.8 Å². The molecule has 0 N–H and O–H groups in total. The lowest BCUT2D eigenvalue weighted by atomic mass is 9.48. The molecule has 0 aromatic carbocycles. The van der Waals surface area contributed by atoms with Crippen LogP contribution in [0.15, 0.2) is 12.2 Å². The van der Waals surface area contributed by atoms with Crippen LogP contribution in [0, 0.1) is 17.3 Å². The monoisotopic (exact) mass is 376 g/mol. The highest BCUT2D eigenvalue weighted by Crippen LogP contribution is 2.63. The molecule has 5 aliphatic rings. The SMILES string of the molecule is C=C(C)C(=O)OC12CC3CC(C1)CC(C(=O)OCOC1CCCCC1)(C3)C2.